The Morgan fingerprint density at radius 2 is 2.18 bits per heavy atom. The number of ether oxygens (including phenoxy) is 1. The largest absolute Gasteiger partial charge is 0.494 e. The normalized spacial score (nSPS) is 14.2. The topological polar surface area (TPSA) is 47.4 Å². The second kappa shape index (κ2) is 6.01. The van der Waals surface area contributed by atoms with Crippen LogP contribution in [-0.2, 0) is 0 Å². The summed E-state index contributed by atoms with van der Waals surface area (Å²) in [6.07, 6.45) is 6.58. The van der Waals surface area contributed by atoms with Gasteiger partial charge < -0.3 is 9.64 Å². The van der Waals surface area contributed by atoms with Crippen molar-refractivity contribution in [3.8, 4) is 11.4 Å². The van der Waals surface area contributed by atoms with Crippen LogP contribution in [0.4, 0.5) is 4.39 Å². The minimum absolute atomic E-state index is 0.0998. The van der Waals surface area contributed by atoms with Gasteiger partial charge in [-0.05, 0) is 24.6 Å². The molecule has 0 fully saturated rings. The predicted molar refractivity (Wildman–Crippen MR) is 79.7 cm³/mol. The lowest BCUT2D eigenvalue weighted by molar-refractivity contribution is 0.0764. The molecule has 22 heavy (non-hydrogen) atoms. The van der Waals surface area contributed by atoms with Gasteiger partial charge in [-0.1, -0.05) is 12.2 Å². The van der Waals surface area contributed by atoms with Crippen LogP contribution >= 0.6 is 0 Å². The van der Waals surface area contributed by atoms with E-state index in [-0.39, 0.29) is 11.7 Å². The van der Waals surface area contributed by atoms with E-state index in [0.717, 1.165) is 6.42 Å². The second-order valence-electron chi connectivity index (χ2n) is 4.98. The first-order chi connectivity index (χ1) is 10.7. The van der Waals surface area contributed by atoms with E-state index >= 15 is 0 Å². The molecule has 1 amide bonds. The van der Waals surface area contributed by atoms with Crippen LogP contribution in [0, 0.1) is 5.82 Å². The highest BCUT2D eigenvalue weighted by molar-refractivity contribution is 5.92. The summed E-state index contributed by atoms with van der Waals surface area (Å²) >= 11 is 0. The van der Waals surface area contributed by atoms with Crippen LogP contribution in [0.1, 0.15) is 16.9 Å². The molecule has 0 radical (unpaired) electrons. The third kappa shape index (κ3) is 2.72. The Morgan fingerprint density at radius 1 is 1.32 bits per heavy atom. The van der Waals surface area contributed by atoms with E-state index in [1.54, 1.807) is 29.3 Å². The molecule has 0 saturated heterocycles. The van der Waals surface area contributed by atoms with Crippen molar-refractivity contribution in [3.05, 3.63) is 54.1 Å². The van der Waals surface area contributed by atoms with E-state index in [0.29, 0.717) is 24.5 Å². The standard InChI is InChI=1S/C16H16FN3O2/c1-22-15-11-12(5-6-13(15)17)20-10-7-14(18-20)16(21)19-8-3-2-4-9-19/h2-3,5-7,10-11H,4,8-9H2,1H3. The highest BCUT2D eigenvalue weighted by Crippen LogP contribution is 2.20. The van der Waals surface area contributed by atoms with E-state index in [1.807, 2.05) is 6.08 Å². The predicted octanol–water partition coefficient (Wildman–Crippen LogP) is 2.42. The number of aromatic nitrogens is 2. The Labute approximate surface area is 127 Å². The average Bonchev–Trinajstić information content (AvgIpc) is 3.05. The molecule has 3 rings (SSSR count). The first-order valence-electron chi connectivity index (χ1n) is 7.03. The van der Waals surface area contributed by atoms with Crippen LogP contribution in [0.2, 0.25) is 0 Å². The van der Waals surface area contributed by atoms with Gasteiger partial charge in [0.15, 0.2) is 17.3 Å². The number of nitrogens with zero attached hydrogens (tertiary/aromatic N) is 3. The van der Waals surface area contributed by atoms with Gasteiger partial charge in [-0.25, -0.2) is 9.07 Å². The van der Waals surface area contributed by atoms with Crippen molar-refractivity contribution in [2.75, 3.05) is 20.2 Å². The number of halogens is 1. The minimum atomic E-state index is -0.435. The first-order valence-corrected chi connectivity index (χ1v) is 7.03. The molecule has 0 atom stereocenters. The first kappa shape index (κ1) is 14.3. The molecule has 0 bridgehead atoms. The summed E-state index contributed by atoms with van der Waals surface area (Å²) in [5.41, 5.74) is 1.01. The van der Waals surface area contributed by atoms with Crippen molar-refractivity contribution >= 4 is 5.91 Å². The van der Waals surface area contributed by atoms with Gasteiger partial charge in [0.05, 0.1) is 12.8 Å². The zero-order chi connectivity index (χ0) is 15.5. The van der Waals surface area contributed by atoms with Crippen LogP contribution in [0.15, 0.2) is 42.6 Å². The molecule has 5 nitrogen and oxygen atoms in total. The number of carbonyl (C=O) groups excluding carboxylic acids is 1. The van der Waals surface area contributed by atoms with Crippen LogP contribution in [0.25, 0.3) is 5.69 Å². The smallest absolute Gasteiger partial charge is 0.274 e. The highest BCUT2D eigenvalue weighted by atomic mass is 19.1. The summed E-state index contributed by atoms with van der Waals surface area (Å²) in [5.74, 6) is -0.394. The Kier molecular flexibility index (Phi) is 3.91. The monoisotopic (exact) mass is 301 g/mol. The number of hydrogen-bond acceptors (Lipinski definition) is 3. The minimum Gasteiger partial charge on any atom is -0.494 e. The summed E-state index contributed by atoms with van der Waals surface area (Å²) in [5, 5.41) is 4.28. The van der Waals surface area contributed by atoms with Crippen molar-refractivity contribution in [2.45, 2.75) is 6.42 Å². The lowest BCUT2D eigenvalue weighted by Gasteiger charge is -2.22. The SMILES string of the molecule is COc1cc(-n2ccc(C(=O)N3CC=CCC3)n2)ccc1F. The zero-order valence-electron chi connectivity index (χ0n) is 12.2. The number of benzene rings is 1. The highest BCUT2D eigenvalue weighted by Gasteiger charge is 2.18. The van der Waals surface area contributed by atoms with Gasteiger partial charge in [-0.2, -0.15) is 5.10 Å². The fourth-order valence-corrected chi connectivity index (χ4v) is 2.36. The fraction of sp³-hybridized carbons (Fsp3) is 0.250. The molecule has 0 saturated carbocycles. The molecule has 1 aromatic carbocycles. The van der Waals surface area contributed by atoms with Crippen molar-refractivity contribution in [1.29, 1.82) is 0 Å². The molecule has 0 aliphatic carbocycles. The molecule has 1 aliphatic rings. The summed E-state index contributed by atoms with van der Waals surface area (Å²) in [4.78, 5) is 14.1. The van der Waals surface area contributed by atoms with Gasteiger partial charge in [0, 0.05) is 25.4 Å². The number of methoxy groups -OCH3 is 1. The van der Waals surface area contributed by atoms with E-state index in [4.69, 9.17) is 4.74 Å². The van der Waals surface area contributed by atoms with Gasteiger partial charge in [0.1, 0.15) is 0 Å². The summed E-state index contributed by atoms with van der Waals surface area (Å²) in [6, 6.07) is 6.10. The van der Waals surface area contributed by atoms with Gasteiger partial charge in [0.2, 0.25) is 0 Å². The Bertz CT molecular complexity index is 724. The van der Waals surface area contributed by atoms with E-state index in [2.05, 4.69) is 11.2 Å². The van der Waals surface area contributed by atoms with Crippen molar-refractivity contribution in [3.63, 3.8) is 0 Å². The van der Waals surface area contributed by atoms with Gasteiger partial charge in [-0.15, -0.1) is 0 Å². The molecule has 0 spiro atoms. The molecule has 1 aliphatic heterocycles. The molecule has 0 N–H and O–H groups in total. The van der Waals surface area contributed by atoms with Crippen molar-refractivity contribution in [2.24, 2.45) is 0 Å². The molecular weight excluding hydrogens is 285 g/mol. The second-order valence-corrected chi connectivity index (χ2v) is 4.98. The van der Waals surface area contributed by atoms with E-state index < -0.39 is 5.82 Å². The maximum Gasteiger partial charge on any atom is 0.274 e. The van der Waals surface area contributed by atoms with Crippen molar-refractivity contribution in [1.82, 2.24) is 14.7 Å². The molecular formula is C16H16FN3O2. The van der Waals surface area contributed by atoms with E-state index in [1.165, 1.54) is 17.9 Å². The van der Waals surface area contributed by atoms with E-state index in [9.17, 15) is 9.18 Å². The maximum absolute atomic E-state index is 13.4. The Hall–Kier alpha value is -2.63. The summed E-state index contributed by atoms with van der Waals surface area (Å²) < 4.78 is 19.9. The van der Waals surface area contributed by atoms with Crippen molar-refractivity contribution < 1.29 is 13.9 Å². The molecule has 1 aromatic heterocycles. The fourth-order valence-electron chi connectivity index (χ4n) is 2.36. The molecule has 114 valence electrons. The average molecular weight is 301 g/mol. The Morgan fingerprint density at radius 3 is 2.91 bits per heavy atom. The molecule has 2 heterocycles. The number of rotatable bonds is 3. The lowest BCUT2D eigenvalue weighted by Crippen LogP contribution is -2.34. The third-order valence-corrected chi connectivity index (χ3v) is 3.55. The van der Waals surface area contributed by atoms with Gasteiger partial charge >= 0.3 is 0 Å². The third-order valence-electron chi connectivity index (χ3n) is 3.55. The summed E-state index contributed by atoms with van der Waals surface area (Å²) in [7, 11) is 1.41. The Balaban J connectivity index is 1.84. The number of amides is 1. The lowest BCUT2D eigenvalue weighted by atomic mass is 10.2. The van der Waals surface area contributed by atoms with Gasteiger partial charge in [0.25, 0.3) is 5.91 Å². The number of hydrogen-bond donors (Lipinski definition) is 0. The zero-order valence-corrected chi connectivity index (χ0v) is 12.2. The number of carbonyl (C=O) groups is 1. The van der Waals surface area contributed by atoms with Crippen LogP contribution < -0.4 is 4.74 Å². The molecule has 0 unspecified atom stereocenters. The van der Waals surface area contributed by atoms with Gasteiger partial charge in [-0.3, -0.25) is 4.79 Å². The molecule has 2 aromatic rings. The summed E-state index contributed by atoms with van der Waals surface area (Å²) in [6.45, 7) is 1.31. The molecule has 6 heteroatoms. The quantitative estimate of drug-likeness (QED) is 0.818. The maximum atomic E-state index is 13.4. The van der Waals surface area contributed by atoms with Crippen LogP contribution in [0.5, 0.6) is 5.75 Å². The van der Waals surface area contributed by atoms with Crippen LogP contribution in [-0.4, -0.2) is 40.8 Å². The van der Waals surface area contributed by atoms with Crippen LogP contribution in [0.3, 0.4) is 0 Å².